The van der Waals surface area contributed by atoms with Gasteiger partial charge < -0.3 is 10.1 Å². The summed E-state index contributed by atoms with van der Waals surface area (Å²) in [7, 11) is 0. The van der Waals surface area contributed by atoms with Gasteiger partial charge in [-0.1, -0.05) is 48.9 Å². The third-order valence-electron chi connectivity index (χ3n) is 6.07. The van der Waals surface area contributed by atoms with Crippen molar-refractivity contribution in [3.05, 3.63) is 94.2 Å². The number of anilines is 2. The Kier molecular flexibility index (Phi) is 6.55. The molecule has 0 aliphatic carbocycles. The lowest BCUT2D eigenvalue weighted by molar-refractivity contribution is -0.120. The van der Waals surface area contributed by atoms with E-state index in [1.807, 2.05) is 77.1 Å². The normalized spacial score (nSPS) is 13.6. The van der Waals surface area contributed by atoms with Gasteiger partial charge in [-0.05, 0) is 74.6 Å². The van der Waals surface area contributed by atoms with Gasteiger partial charge in [-0.15, -0.1) is 0 Å². The molecule has 0 saturated carbocycles. The van der Waals surface area contributed by atoms with Crippen LogP contribution < -0.4 is 15.0 Å². The Morgan fingerprint density at radius 3 is 2.32 bits per heavy atom. The van der Waals surface area contributed by atoms with Gasteiger partial charge in [0.2, 0.25) is 0 Å². The van der Waals surface area contributed by atoms with Crippen molar-refractivity contribution in [3.63, 3.8) is 0 Å². The van der Waals surface area contributed by atoms with Crippen LogP contribution in [0.15, 0.2) is 66.4 Å². The van der Waals surface area contributed by atoms with Gasteiger partial charge in [-0.25, -0.2) is 4.90 Å². The summed E-state index contributed by atoms with van der Waals surface area (Å²) in [6, 6.07) is 18.9. The number of carbonyl (C=O) groups is 2. The van der Waals surface area contributed by atoms with E-state index in [-0.39, 0.29) is 17.5 Å². The predicted octanol–water partition coefficient (Wildman–Crippen LogP) is 6.11. The third kappa shape index (κ3) is 4.46. The molecule has 2 amide bonds. The van der Waals surface area contributed by atoms with Crippen molar-refractivity contribution in [2.24, 2.45) is 0 Å². The van der Waals surface area contributed by atoms with Crippen molar-refractivity contribution in [2.45, 2.75) is 41.0 Å². The van der Waals surface area contributed by atoms with Gasteiger partial charge in [0.05, 0.1) is 17.9 Å². The molecule has 1 aliphatic rings. The smallest absolute Gasteiger partial charge is 0.282 e. The van der Waals surface area contributed by atoms with Crippen LogP contribution in [0.25, 0.3) is 5.57 Å². The summed E-state index contributed by atoms with van der Waals surface area (Å²) in [6.45, 7) is 10.6. The van der Waals surface area contributed by atoms with Crippen LogP contribution in [0.4, 0.5) is 11.4 Å². The molecule has 5 heteroatoms. The number of amides is 2. The van der Waals surface area contributed by atoms with Gasteiger partial charge in [0.15, 0.2) is 0 Å². The largest absolute Gasteiger partial charge is 0.494 e. The lowest BCUT2D eigenvalue weighted by Gasteiger charge is -2.17. The van der Waals surface area contributed by atoms with E-state index in [4.69, 9.17) is 4.74 Å². The highest BCUT2D eigenvalue weighted by Gasteiger charge is 2.40. The fourth-order valence-corrected chi connectivity index (χ4v) is 4.07. The number of nitrogens with one attached hydrogen (secondary N) is 1. The zero-order valence-electron chi connectivity index (χ0n) is 20.4. The summed E-state index contributed by atoms with van der Waals surface area (Å²) in [4.78, 5) is 28.7. The summed E-state index contributed by atoms with van der Waals surface area (Å²) in [5.74, 6) is -0.109. The van der Waals surface area contributed by atoms with Crippen molar-refractivity contribution < 1.29 is 14.3 Å². The fraction of sp³-hybridized carbons (Fsp3) is 0.241. The Morgan fingerprint density at radius 2 is 1.62 bits per heavy atom. The number of ether oxygens (including phenoxy) is 1. The molecule has 0 bridgehead atoms. The maximum absolute atomic E-state index is 13.7. The van der Waals surface area contributed by atoms with E-state index in [0.29, 0.717) is 23.6 Å². The van der Waals surface area contributed by atoms with Gasteiger partial charge in [0.1, 0.15) is 11.4 Å². The minimum Gasteiger partial charge on any atom is -0.494 e. The topological polar surface area (TPSA) is 58.6 Å². The molecule has 1 heterocycles. The molecule has 174 valence electrons. The maximum Gasteiger partial charge on any atom is 0.282 e. The van der Waals surface area contributed by atoms with Crippen molar-refractivity contribution >= 4 is 28.8 Å². The molecular formula is C29H30N2O3. The molecule has 3 aromatic carbocycles. The molecule has 1 aliphatic heterocycles. The summed E-state index contributed by atoms with van der Waals surface area (Å²) >= 11 is 0. The van der Waals surface area contributed by atoms with Crippen LogP contribution in [-0.4, -0.2) is 18.4 Å². The number of nitrogens with zero attached hydrogens (tertiary/aromatic N) is 1. The zero-order valence-corrected chi connectivity index (χ0v) is 20.4. The van der Waals surface area contributed by atoms with Gasteiger partial charge >= 0.3 is 0 Å². The zero-order chi connectivity index (χ0) is 24.4. The lowest BCUT2D eigenvalue weighted by Crippen LogP contribution is -2.32. The minimum absolute atomic E-state index is 0.278. The first-order valence-corrected chi connectivity index (χ1v) is 11.6. The maximum atomic E-state index is 13.7. The first-order valence-electron chi connectivity index (χ1n) is 11.6. The third-order valence-corrected chi connectivity index (χ3v) is 6.07. The first-order chi connectivity index (χ1) is 16.3. The number of benzene rings is 3. The van der Waals surface area contributed by atoms with E-state index in [0.717, 1.165) is 39.9 Å². The summed E-state index contributed by atoms with van der Waals surface area (Å²) < 4.78 is 5.74. The van der Waals surface area contributed by atoms with Crippen LogP contribution in [-0.2, 0) is 9.59 Å². The van der Waals surface area contributed by atoms with Crippen LogP contribution >= 0.6 is 0 Å². The van der Waals surface area contributed by atoms with Crippen LogP contribution in [0.2, 0.25) is 0 Å². The van der Waals surface area contributed by atoms with E-state index in [9.17, 15) is 9.59 Å². The van der Waals surface area contributed by atoms with Crippen LogP contribution in [0, 0.1) is 27.7 Å². The molecule has 3 aromatic rings. The average Bonchev–Trinajstić information content (AvgIpc) is 3.05. The van der Waals surface area contributed by atoms with Gasteiger partial charge in [0, 0.05) is 11.8 Å². The Bertz CT molecular complexity index is 1310. The summed E-state index contributed by atoms with van der Waals surface area (Å²) in [5, 5.41) is 3.28. The van der Waals surface area contributed by atoms with E-state index in [1.165, 1.54) is 4.90 Å². The molecule has 0 fully saturated rings. The Morgan fingerprint density at radius 1 is 0.824 bits per heavy atom. The summed E-state index contributed by atoms with van der Waals surface area (Å²) in [5.41, 5.74) is 6.97. The number of hydrogen-bond acceptors (Lipinski definition) is 4. The second-order valence-electron chi connectivity index (χ2n) is 8.78. The molecule has 1 N–H and O–H groups in total. The molecule has 4 rings (SSSR count). The van der Waals surface area contributed by atoms with Gasteiger partial charge in [0.25, 0.3) is 11.8 Å². The quantitative estimate of drug-likeness (QED) is 0.438. The Balaban J connectivity index is 1.81. The highest BCUT2D eigenvalue weighted by molar-refractivity contribution is 6.46. The van der Waals surface area contributed by atoms with Gasteiger partial charge in [-0.3, -0.25) is 9.59 Å². The number of aryl methyl sites for hydroxylation is 4. The fourth-order valence-electron chi connectivity index (χ4n) is 4.07. The second kappa shape index (κ2) is 9.56. The minimum atomic E-state index is -0.383. The Hall–Kier alpha value is -3.86. The molecule has 0 radical (unpaired) electrons. The molecule has 5 nitrogen and oxygen atoms in total. The SMILES string of the molecule is CCCOc1cccc(N2C(=O)C(Nc3ccc(C)cc3C)=C(c3ccc(C)c(C)c3)C2=O)c1. The molecule has 0 spiro atoms. The van der Waals surface area contributed by atoms with E-state index in [2.05, 4.69) is 5.32 Å². The van der Waals surface area contributed by atoms with Crippen LogP contribution in [0.5, 0.6) is 5.75 Å². The molecule has 0 saturated heterocycles. The monoisotopic (exact) mass is 454 g/mol. The number of hydrogen-bond donors (Lipinski definition) is 1. The van der Waals surface area contributed by atoms with Crippen molar-refractivity contribution in [2.75, 3.05) is 16.8 Å². The number of imide groups is 1. The van der Waals surface area contributed by atoms with Crippen molar-refractivity contribution in [1.29, 1.82) is 0 Å². The Labute approximate surface area is 201 Å². The molecule has 0 unspecified atom stereocenters. The van der Waals surface area contributed by atoms with Crippen molar-refractivity contribution in [3.8, 4) is 5.75 Å². The average molecular weight is 455 g/mol. The van der Waals surface area contributed by atoms with Crippen molar-refractivity contribution in [1.82, 2.24) is 0 Å². The van der Waals surface area contributed by atoms with Crippen LogP contribution in [0.3, 0.4) is 0 Å². The van der Waals surface area contributed by atoms with E-state index in [1.54, 1.807) is 18.2 Å². The van der Waals surface area contributed by atoms with E-state index < -0.39 is 0 Å². The second-order valence-corrected chi connectivity index (χ2v) is 8.78. The predicted molar refractivity (Wildman–Crippen MR) is 137 cm³/mol. The lowest BCUT2D eigenvalue weighted by atomic mass is 9.99. The van der Waals surface area contributed by atoms with E-state index >= 15 is 0 Å². The molecule has 34 heavy (non-hydrogen) atoms. The molecular weight excluding hydrogens is 424 g/mol. The van der Waals surface area contributed by atoms with Gasteiger partial charge in [-0.2, -0.15) is 0 Å². The summed E-state index contributed by atoms with van der Waals surface area (Å²) in [6.07, 6.45) is 0.869. The van der Waals surface area contributed by atoms with Crippen LogP contribution in [0.1, 0.15) is 41.2 Å². The first kappa shape index (κ1) is 23.3. The molecule has 0 atom stereocenters. The molecule has 0 aromatic heterocycles. The number of carbonyl (C=O) groups excluding carboxylic acids is 2. The standard InChI is InChI=1S/C29H30N2O3/c1-6-14-34-24-9-7-8-23(17-24)31-28(32)26(22-12-11-19(3)20(4)16-22)27(29(31)33)30-25-13-10-18(2)15-21(25)5/h7-13,15-17,30H,6,14H2,1-5H3. The highest BCUT2D eigenvalue weighted by Crippen LogP contribution is 2.36. The number of rotatable bonds is 7. The highest BCUT2D eigenvalue weighted by atomic mass is 16.5.